The van der Waals surface area contributed by atoms with E-state index in [0.717, 1.165) is 35.2 Å². The van der Waals surface area contributed by atoms with E-state index >= 15 is 0 Å². The lowest BCUT2D eigenvalue weighted by Gasteiger charge is -2.11. The van der Waals surface area contributed by atoms with Gasteiger partial charge in [-0.2, -0.15) is 0 Å². The summed E-state index contributed by atoms with van der Waals surface area (Å²) in [5.74, 6) is 0.257. The maximum absolute atomic E-state index is 12.5. The lowest BCUT2D eigenvalue weighted by Crippen LogP contribution is -2.09. The summed E-state index contributed by atoms with van der Waals surface area (Å²) in [7, 11) is 1.78. The molecule has 0 atom stereocenters. The van der Waals surface area contributed by atoms with Crippen molar-refractivity contribution in [2.24, 2.45) is 4.99 Å². The van der Waals surface area contributed by atoms with E-state index < -0.39 is 0 Å². The molecule has 1 aromatic rings. The second kappa shape index (κ2) is 9.49. The van der Waals surface area contributed by atoms with Crippen molar-refractivity contribution in [3.63, 3.8) is 0 Å². The predicted octanol–water partition coefficient (Wildman–Crippen LogP) is 5.37. The van der Waals surface area contributed by atoms with E-state index in [0.29, 0.717) is 6.42 Å². The largest absolute Gasteiger partial charge is 0.294 e. The molecule has 0 aliphatic rings. The summed E-state index contributed by atoms with van der Waals surface area (Å²) in [6.45, 7) is 6.25. The molecule has 2 heteroatoms. The van der Waals surface area contributed by atoms with Crippen LogP contribution in [0.4, 0.5) is 0 Å². The SMILES string of the molecule is CCCCCCCCC(=O)c1cccc(C)c1C(C)=NC. The van der Waals surface area contributed by atoms with Crippen molar-refractivity contribution in [3.05, 3.63) is 34.9 Å². The van der Waals surface area contributed by atoms with Crippen LogP contribution < -0.4 is 0 Å². The molecule has 0 radical (unpaired) electrons. The van der Waals surface area contributed by atoms with Crippen molar-refractivity contribution in [1.29, 1.82) is 0 Å². The number of aliphatic imine (C=N–C) groups is 1. The summed E-state index contributed by atoms with van der Waals surface area (Å²) in [6.07, 6.45) is 7.92. The Bertz CT molecular complexity index is 488. The van der Waals surface area contributed by atoms with Crippen molar-refractivity contribution < 1.29 is 4.79 Å². The van der Waals surface area contributed by atoms with Crippen LogP contribution in [-0.4, -0.2) is 18.5 Å². The Morgan fingerprint density at radius 2 is 1.76 bits per heavy atom. The first-order chi connectivity index (χ1) is 10.1. The molecule has 1 rings (SSSR count). The quantitative estimate of drug-likeness (QED) is 0.341. The van der Waals surface area contributed by atoms with E-state index in [1.807, 2.05) is 32.0 Å². The standard InChI is InChI=1S/C19H29NO/c1-5-6-7-8-9-10-14-18(21)17-13-11-12-15(2)19(17)16(3)20-4/h11-13H,5-10,14H2,1-4H3. The summed E-state index contributed by atoms with van der Waals surface area (Å²) in [5.41, 5.74) is 3.94. The van der Waals surface area contributed by atoms with Crippen LogP contribution in [0, 0.1) is 6.92 Å². The van der Waals surface area contributed by atoms with Gasteiger partial charge in [0.1, 0.15) is 0 Å². The maximum Gasteiger partial charge on any atom is 0.163 e. The molecule has 1 aromatic carbocycles. The number of carbonyl (C=O) groups excluding carboxylic acids is 1. The summed E-state index contributed by atoms with van der Waals surface area (Å²) < 4.78 is 0. The van der Waals surface area contributed by atoms with Crippen molar-refractivity contribution in [3.8, 4) is 0 Å². The molecule has 0 unspecified atom stereocenters. The Labute approximate surface area is 129 Å². The Morgan fingerprint density at radius 3 is 2.43 bits per heavy atom. The molecule has 0 aliphatic carbocycles. The Kier molecular flexibility index (Phi) is 7.96. The zero-order chi connectivity index (χ0) is 15.7. The third kappa shape index (κ3) is 5.45. The molecule has 116 valence electrons. The number of aryl methyl sites for hydroxylation is 1. The average molecular weight is 287 g/mol. The average Bonchev–Trinajstić information content (AvgIpc) is 2.49. The number of benzene rings is 1. The first kappa shape index (κ1) is 17.6. The second-order valence-electron chi connectivity index (χ2n) is 5.75. The van der Waals surface area contributed by atoms with Gasteiger partial charge >= 0.3 is 0 Å². The monoisotopic (exact) mass is 287 g/mol. The minimum atomic E-state index is 0.257. The molecule has 2 nitrogen and oxygen atoms in total. The van der Waals surface area contributed by atoms with E-state index in [1.165, 1.54) is 25.7 Å². The molecule has 0 aromatic heterocycles. The van der Waals surface area contributed by atoms with Gasteiger partial charge < -0.3 is 0 Å². The van der Waals surface area contributed by atoms with Crippen LogP contribution in [0.1, 0.15) is 80.3 Å². The lowest BCUT2D eigenvalue weighted by atomic mass is 9.93. The van der Waals surface area contributed by atoms with Gasteiger partial charge in [-0.05, 0) is 25.8 Å². The predicted molar refractivity (Wildman–Crippen MR) is 91.6 cm³/mol. The summed E-state index contributed by atoms with van der Waals surface area (Å²) >= 11 is 0. The number of hydrogen-bond acceptors (Lipinski definition) is 2. The topological polar surface area (TPSA) is 29.4 Å². The number of nitrogens with zero attached hydrogens (tertiary/aromatic N) is 1. The second-order valence-corrected chi connectivity index (χ2v) is 5.75. The van der Waals surface area contributed by atoms with Crippen molar-refractivity contribution in [2.45, 2.75) is 65.7 Å². The van der Waals surface area contributed by atoms with Crippen molar-refractivity contribution in [2.75, 3.05) is 7.05 Å². The van der Waals surface area contributed by atoms with Gasteiger partial charge in [0.05, 0.1) is 0 Å². The number of rotatable bonds is 9. The third-order valence-electron chi connectivity index (χ3n) is 4.03. The van der Waals surface area contributed by atoms with E-state index in [2.05, 4.69) is 11.9 Å². The van der Waals surface area contributed by atoms with Gasteiger partial charge in [0, 0.05) is 30.3 Å². The Hall–Kier alpha value is -1.44. The fourth-order valence-electron chi connectivity index (χ4n) is 2.69. The number of unbranched alkanes of at least 4 members (excludes halogenated alkanes) is 5. The van der Waals surface area contributed by atoms with Crippen molar-refractivity contribution in [1.82, 2.24) is 0 Å². The molecule has 0 bridgehead atoms. The highest BCUT2D eigenvalue weighted by atomic mass is 16.1. The third-order valence-corrected chi connectivity index (χ3v) is 4.03. The zero-order valence-electron chi connectivity index (χ0n) is 14.0. The minimum Gasteiger partial charge on any atom is -0.294 e. The molecule has 0 spiro atoms. The molecule has 0 amide bonds. The van der Waals surface area contributed by atoms with Crippen LogP contribution in [0.3, 0.4) is 0 Å². The van der Waals surface area contributed by atoms with Crippen LogP contribution in [0.5, 0.6) is 0 Å². The molecule has 21 heavy (non-hydrogen) atoms. The van der Waals surface area contributed by atoms with E-state index in [9.17, 15) is 4.79 Å². The molecule has 0 saturated heterocycles. The fraction of sp³-hybridized carbons (Fsp3) is 0.579. The lowest BCUT2D eigenvalue weighted by molar-refractivity contribution is 0.0979. The number of Topliss-reactive ketones (excluding diaryl/α,β-unsaturated/α-hetero) is 1. The molecule has 0 fully saturated rings. The zero-order valence-corrected chi connectivity index (χ0v) is 14.0. The van der Waals surface area contributed by atoms with Gasteiger partial charge in [0.25, 0.3) is 0 Å². The van der Waals surface area contributed by atoms with E-state index in [1.54, 1.807) is 7.05 Å². The number of hydrogen-bond donors (Lipinski definition) is 0. The van der Waals surface area contributed by atoms with Gasteiger partial charge in [0.2, 0.25) is 0 Å². The van der Waals surface area contributed by atoms with Gasteiger partial charge in [-0.15, -0.1) is 0 Å². The molecule has 0 aliphatic heterocycles. The van der Waals surface area contributed by atoms with Gasteiger partial charge in [0.15, 0.2) is 5.78 Å². The molecular formula is C19H29NO. The Morgan fingerprint density at radius 1 is 1.10 bits per heavy atom. The molecule has 0 N–H and O–H groups in total. The first-order valence-corrected chi connectivity index (χ1v) is 8.18. The summed E-state index contributed by atoms with van der Waals surface area (Å²) in [5, 5.41) is 0. The van der Waals surface area contributed by atoms with E-state index in [-0.39, 0.29) is 5.78 Å². The summed E-state index contributed by atoms with van der Waals surface area (Å²) in [4.78, 5) is 16.7. The molecule has 0 heterocycles. The normalized spacial score (nSPS) is 11.7. The molecular weight excluding hydrogens is 258 g/mol. The smallest absolute Gasteiger partial charge is 0.163 e. The van der Waals surface area contributed by atoms with Crippen LogP contribution in [0.25, 0.3) is 0 Å². The highest BCUT2D eigenvalue weighted by Crippen LogP contribution is 2.19. The number of ketones is 1. The fourth-order valence-corrected chi connectivity index (χ4v) is 2.69. The highest BCUT2D eigenvalue weighted by Gasteiger charge is 2.14. The van der Waals surface area contributed by atoms with Gasteiger partial charge in [-0.3, -0.25) is 9.79 Å². The minimum absolute atomic E-state index is 0.257. The van der Waals surface area contributed by atoms with E-state index in [4.69, 9.17) is 0 Å². The van der Waals surface area contributed by atoms with Crippen molar-refractivity contribution >= 4 is 11.5 Å². The maximum atomic E-state index is 12.5. The van der Waals surface area contributed by atoms with Crippen LogP contribution in [-0.2, 0) is 0 Å². The Balaban J connectivity index is 2.64. The molecule has 0 saturated carbocycles. The highest BCUT2D eigenvalue weighted by molar-refractivity contribution is 6.10. The number of carbonyl (C=O) groups is 1. The summed E-state index contributed by atoms with van der Waals surface area (Å²) in [6, 6.07) is 5.96. The van der Waals surface area contributed by atoms with Gasteiger partial charge in [-0.25, -0.2) is 0 Å². The van der Waals surface area contributed by atoms with Gasteiger partial charge in [-0.1, -0.05) is 57.2 Å². The van der Waals surface area contributed by atoms with Crippen LogP contribution in [0.2, 0.25) is 0 Å². The van der Waals surface area contributed by atoms with Crippen LogP contribution >= 0.6 is 0 Å². The van der Waals surface area contributed by atoms with Crippen LogP contribution in [0.15, 0.2) is 23.2 Å². The first-order valence-electron chi connectivity index (χ1n) is 8.18.